The zero-order chi connectivity index (χ0) is 9.90. The molecule has 0 aromatic carbocycles. The van der Waals surface area contributed by atoms with Gasteiger partial charge in [-0.1, -0.05) is 6.92 Å². The van der Waals surface area contributed by atoms with Crippen LogP contribution >= 0.6 is 0 Å². The second-order valence-electron chi connectivity index (χ2n) is 4.90. The first-order valence-electron chi connectivity index (χ1n) is 5.19. The van der Waals surface area contributed by atoms with Gasteiger partial charge in [0.2, 0.25) is 0 Å². The van der Waals surface area contributed by atoms with E-state index in [0.717, 1.165) is 25.3 Å². The maximum absolute atomic E-state index is 11.1. The van der Waals surface area contributed by atoms with Crippen LogP contribution in [0.1, 0.15) is 32.6 Å². The van der Waals surface area contributed by atoms with Gasteiger partial charge in [0.25, 0.3) is 0 Å². The minimum absolute atomic E-state index is 0.0317. The maximum Gasteiger partial charge on any atom is 0.127 e. The normalized spacial score (nSPS) is 34.9. The summed E-state index contributed by atoms with van der Waals surface area (Å²) in [5, 5.41) is 0. The van der Waals surface area contributed by atoms with Crippen LogP contribution in [0.25, 0.3) is 0 Å². The van der Waals surface area contributed by atoms with E-state index in [1.165, 1.54) is 19.1 Å². The highest BCUT2D eigenvalue weighted by Gasteiger charge is 2.34. The number of aldehydes is 1. The summed E-state index contributed by atoms with van der Waals surface area (Å²) in [5.74, 6) is 0.815. The molecule has 0 radical (unpaired) electrons. The molecule has 1 aliphatic carbocycles. The lowest BCUT2D eigenvalue weighted by Gasteiger charge is -2.36. The molecule has 0 heterocycles. The second kappa shape index (κ2) is 4.23. The van der Waals surface area contributed by atoms with Gasteiger partial charge in [0.1, 0.15) is 6.29 Å². The molecule has 2 heteroatoms. The van der Waals surface area contributed by atoms with Crippen LogP contribution in [0, 0.1) is 11.3 Å². The maximum atomic E-state index is 11.1. The van der Waals surface area contributed by atoms with Crippen molar-refractivity contribution in [1.29, 1.82) is 0 Å². The molecule has 0 aliphatic heterocycles. The van der Waals surface area contributed by atoms with E-state index in [-0.39, 0.29) is 5.41 Å². The van der Waals surface area contributed by atoms with Gasteiger partial charge in [-0.2, -0.15) is 0 Å². The van der Waals surface area contributed by atoms with E-state index in [1.54, 1.807) is 0 Å². The van der Waals surface area contributed by atoms with Crippen molar-refractivity contribution in [1.82, 2.24) is 4.90 Å². The monoisotopic (exact) mass is 183 g/mol. The molecule has 0 atom stereocenters. The van der Waals surface area contributed by atoms with Gasteiger partial charge < -0.3 is 9.69 Å². The summed E-state index contributed by atoms with van der Waals surface area (Å²) in [6, 6.07) is 0. The predicted octanol–water partition coefficient (Wildman–Crippen LogP) is 1.94. The second-order valence-corrected chi connectivity index (χ2v) is 4.90. The van der Waals surface area contributed by atoms with Crippen molar-refractivity contribution in [2.24, 2.45) is 11.3 Å². The molecule has 0 amide bonds. The summed E-state index contributed by atoms with van der Waals surface area (Å²) in [5.41, 5.74) is -0.0317. The van der Waals surface area contributed by atoms with Crippen molar-refractivity contribution in [2.75, 3.05) is 20.6 Å². The zero-order valence-electron chi connectivity index (χ0n) is 9.05. The average molecular weight is 183 g/mol. The summed E-state index contributed by atoms with van der Waals surface area (Å²) >= 11 is 0. The molecule has 0 aromatic heterocycles. The van der Waals surface area contributed by atoms with E-state index in [2.05, 4.69) is 11.8 Å². The minimum atomic E-state index is -0.0317. The summed E-state index contributed by atoms with van der Waals surface area (Å²) in [6.07, 6.45) is 5.78. The van der Waals surface area contributed by atoms with Crippen molar-refractivity contribution in [3.05, 3.63) is 0 Å². The molecule has 1 rings (SSSR count). The van der Waals surface area contributed by atoms with E-state index < -0.39 is 0 Å². The number of carbonyl (C=O) groups is 1. The molecule has 1 saturated carbocycles. The SMILES string of the molecule is CC1CCC(C=O)(CN(C)C)CC1. The fraction of sp³-hybridized carbons (Fsp3) is 0.909. The first-order valence-corrected chi connectivity index (χ1v) is 5.19. The Morgan fingerprint density at radius 2 is 1.92 bits per heavy atom. The molecule has 13 heavy (non-hydrogen) atoms. The standard InChI is InChI=1S/C11H21NO/c1-10-4-6-11(9-13,7-5-10)8-12(2)3/h9-10H,4-8H2,1-3H3. The van der Waals surface area contributed by atoms with Gasteiger partial charge in [0.05, 0.1) is 0 Å². The Bertz CT molecular complexity index is 169. The average Bonchev–Trinajstić information content (AvgIpc) is 2.09. The lowest BCUT2D eigenvalue weighted by atomic mass is 9.71. The lowest BCUT2D eigenvalue weighted by molar-refractivity contribution is -0.119. The highest BCUT2D eigenvalue weighted by molar-refractivity contribution is 5.60. The molecule has 1 fully saturated rings. The topological polar surface area (TPSA) is 20.3 Å². The van der Waals surface area contributed by atoms with Crippen LogP contribution in [0.3, 0.4) is 0 Å². The van der Waals surface area contributed by atoms with Crippen molar-refractivity contribution >= 4 is 6.29 Å². The highest BCUT2D eigenvalue weighted by atomic mass is 16.1. The van der Waals surface area contributed by atoms with Gasteiger partial charge >= 0.3 is 0 Å². The van der Waals surface area contributed by atoms with Gasteiger partial charge in [0, 0.05) is 12.0 Å². The van der Waals surface area contributed by atoms with Crippen molar-refractivity contribution < 1.29 is 4.79 Å². The van der Waals surface area contributed by atoms with Gasteiger partial charge in [-0.25, -0.2) is 0 Å². The predicted molar refractivity (Wildman–Crippen MR) is 54.7 cm³/mol. The third kappa shape index (κ3) is 2.80. The van der Waals surface area contributed by atoms with Crippen LogP contribution in [0.4, 0.5) is 0 Å². The van der Waals surface area contributed by atoms with Crippen LogP contribution in [-0.2, 0) is 4.79 Å². The quantitative estimate of drug-likeness (QED) is 0.623. The molecular formula is C11H21NO. The number of hydrogen-bond donors (Lipinski definition) is 0. The summed E-state index contributed by atoms with van der Waals surface area (Å²) < 4.78 is 0. The Balaban J connectivity index is 2.55. The summed E-state index contributed by atoms with van der Waals surface area (Å²) in [7, 11) is 4.09. The molecule has 0 unspecified atom stereocenters. The van der Waals surface area contributed by atoms with Crippen molar-refractivity contribution in [3.63, 3.8) is 0 Å². The lowest BCUT2D eigenvalue weighted by Crippen LogP contribution is -2.38. The number of rotatable bonds is 3. The van der Waals surface area contributed by atoms with Crippen molar-refractivity contribution in [3.8, 4) is 0 Å². The molecule has 1 aliphatic rings. The van der Waals surface area contributed by atoms with Crippen LogP contribution in [0.2, 0.25) is 0 Å². The molecular weight excluding hydrogens is 162 g/mol. The Kier molecular flexibility index (Phi) is 3.48. The summed E-state index contributed by atoms with van der Waals surface area (Å²) in [6.45, 7) is 3.20. The van der Waals surface area contributed by atoms with E-state index in [9.17, 15) is 4.79 Å². The minimum Gasteiger partial charge on any atom is -0.308 e. The Labute approximate surface area is 81.3 Å². The van der Waals surface area contributed by atoms with Crippen LogP contribution in [0.15, 0.2) is 0 Å². The number of hydrogen-bond acceptors (Lipinski definition) is 2. The Morgan fingerprint density at radius 1 is 1.38 bits per heavy atom. The molecule has 0 aromatic rings. The summed E-state index contributed by atoms with van der Waals surface area (Å²) in [4.78, 5) is 13.2. The van der Waals surface area contributed by atoms with Gasteiger partial charge in [-0.15, -0.1) is 0 Å². The smallest absolute Gasteiger partial charge is 0.127 e. The van der Waals surface area contributed by atoms with Crippen LogP contribution in [0.5, 0.6) is 0 Å². The van der Waals surface area contributed by atoms with E-state index in [0.29, 0.717) is 0 Å². The molecule has 2 nitrogen and oxygen atoms in total. The molecule has 0 spiro atoms. The third-order valence-corrected chi connectivity index (χ3v) is 3.15. The number of nitrogens with zero attached hydrogens (tertiary/aromatic N) is 1. The largest absolute Gasteiger partial charge is 0.308 e. The van der Waals surface area contributed by atoms with Gasteiger partial charge in [-0.3, -0.25) is 0 Å². The zero-order valence-corrected chi connectivity index (χ0v) is 9.05. The van der Waals surface area contributed by atoms with E-state index in [4.69, 9.17) is 0 Å². The van der Waals surface area contributed by atoms with Gasteiger partial charge in [0.15, 0.2) is 0 Å². The Hall–Kier alpha value is -0.370. The molecule has 0 saturated heterocycles. The highest BCUT2D eigenvalue weighted by Crippen LogP contribution is 2.37. The molecule has 0 bridgehead atoms. The van der Waals surface area contributed by atoms with E-state index >= 15 is 0 Å². The van der Waals surface area contributed by atoms with Gasteiger partial charge in [-0.05, 0) is 45.7 Å². The molecule has 0 N–H and O–H groups in total. The Morgan fingerprint density at radius 3 is 2.31 bits per heavy atom. The molecule has 76 valence electrons. The van der Waals surface area contributed by atoms with Crippen LogP contribution < -0.4 is 0 Å². The fourth-order valence-electron chi connectivity index (χ4n) is 2.28. The first kappa shape index (κ1) is 10.7. The van der Waals surface area contributed by atoms with Crippen molar-refractivity contribution in [2.45, 2.75) is 32.6 Å². The van der Waals surface area contributed by atoms with E-state index in [1.807, 2.05) is 14.1 Å². The number of carbonyl (C=O) groups excluding carboxylic acids is 1. The van der Waals surface area contributed by atoms with Crippen LogP contribution in [-0.4, -0.2) is 31.8 Å². The third-order valence-electron chi connectivity index (χ3n) is 3.15. The fourth-order valence-corrected chi connectivity index (χ4v) is 2.28. The first-order chi connectivity index (χ1) is 6.08.